The van der Waals surface area contributed by atoms with E-state index in [0.717, 1.165) is 6.08 Å². The highest BCUT2D eigenvalue weighted by molar-refractivity contribution is 5.90. The van der Waals surface area contributed by atoms with Crippen LogP contribution in [0.4, 0.5) is 0 Å². The number of esters is 1. The Hall–Kier alpha value is -2.17. The molecule has 0 aliphatic heterocycles. The van der Waals surface area contributed by atoms with Crippen LogP contribution in [0.5, 0.6) is 0 Å². The molecule has 0 aliphatic carbocycles. The van der Waals surface area contributed by atoms with Gasteiger partial charge in [-0.3, -0.25) is 9.59 Å². The maximum Gasteiger partial charge on any atom is 0.330 e. The number of ether oxygens (including phenoxy) is 6. The van der Waals surface area contributed by atoms with Crippen LogP contribution in [-0.2, 0) is 42.8 Å². The van der Waals surface area contributed by atoms with Crippen molar-refractivity contribution >= 4 is 17.5 Å². The predicted molar refractivity (Wildman–Crippen MR) is 123 cm³/mol. The van der Waals surface area contributed by atoms with E-state index in [1.165, 1.54) is 12.2 Å². The quantitative estimate of drug-likeness (QED) is 0.113. The van der Waals surface area contributed by atoms with E-state index in [-0.39, 0.29) is 37.3 Å². The van der Waals surface area contributed by atoms with Gasteiger partial charge in [0.1, 0.15) is 13.2 Å². The van der Waals surface area contributed by atoms with Crippen molar-refractivity contribution in [3.63, 3.8) is 0 Å². The monoisotopic (exact) mass is 470 g/mol. The second-order valence-corrected chi connectivity index (χ2v) is 6.97. The largest absolute Gasteiger partial charge is 0.462 e. The second kappa shape index (κ2) is 23.0. The number of carbonyl (C=O) groups is 3. The summed E-state index contributed by atoms with van der Waals surface area (Å²) in [6, 6.07) is 0. The van der Waals surface area contributed by atoms with Crippen LogP contribution in [-0.4, -0.2) is 90.2 Å². The molecule has 9 heteroatoms. The molecule has 9 nitrogen and oxygen atoms in total. The first-order chi connectivity index (χ1) is 16.0. The Labute approximate surface area is 196 Å². The van der Waals surface area contributed by atoms with Gasteiger partial charge in [-0.2, -0.15) is 0 Å². The fraction of sp³-hybridized carbons (Fsp3) is 0.625. The van der Waals surface area contributed by atoms with Crippen LogP contribution in [0.1, 0.15) is 19.3 Å². The van der Waals surface area contributed by atoms with Gasteiger partial charge in [-0.15, -0.1) is 0 Å². The highest BCUT2D eigenvalue weighted by Gasteiger charge is 2.11. The van der Waals surface area contributed by atoms with Gasteiger partial charge in [0.15, 0.2) is 11.6 Å². The van der Waals surface area contributed by atoms with Gasteiger partial charge >= 0.3 is 5.97 Å². The van der Waals surface area contributed by atoms with Gasteiger partial charge < -0.3 is 28.4 Å². The maximum atomic E-state index is 11.1. The summed E-state index contributed by atoms with van der Waals surface area (Å²) in [6.45, 7) is 14.0. The molecular formula is C24H38O9. The molecule has 0 fully saturated rings. The molecule has 188 valence electrons. The molecule has 0 amide bonds. The van der Waals surface area contributed by atoms with E-state index < -0.39 is 5.97 Å². The van der Waals surface area contributed by atoms with Gasteiger partial charge in [0.25, 0.3) is 0 Å². The highest BCUT2D eigenvalue weighted by atomic mass is 16.5. The van der Waals surface area contributed by atoms with Gasteiger partial charge in [0.05, 0.1) is 26.4 Å². The summed E-state index contributed by atoms with van der Waals surface area (Å²) in [5.74, 6) is -0.734. The van der Waals surface area contributed by atoms with Gasteiger partial charge in [-0.1, -0.05) is 19.7 Å². The topological polar surface area (TPSA) is 107 Å². The van der Waals surface area contributed by atoms with Crippen molar-refractivity contribution in [3.8, 4) is 0 Å². The molecular weight excluding hydrogens is 432 g/mol. The van der Waals surface area contributed by atoms with Gasteiger partial charge in [0.2, 0.25) is 0 Å². The SMILES string of the molecule is C=CC(=O)COCCCOCC(COCCCOCC(=O)C=C)COCCCOC(=O)C=C. The molecule has 0 atom stereocenters. The number of hydrogen-bond donors (Lipinski definition) is 0. The minimum atomic E-state index is -0.453. The van der Waals surface area contributed by atoms with Crippen LogP contribution in [0, 0.1) is 5.92 Å². The summed E-state index contributed by atoms with van der Waals surface area (Å²) >= 11 is 0. The summed E-state index contributed by atoms with van der Waals surface area (Å²) in [6.07, 6.45) is 5.49. The summed E-state index contributed by atoms with van der Waals surface area (Å²) in [5, 5.41) is 0. The Morgan fingerprint density at radius 2 is 0.970 bits per heavy atom. The lowest BCUT2D eigenvalue weighted by Gasteiger charge is -2.18. The van der Waals surface area contributed by atoms with Gasteiger partial charge in [-0.25, -0.2) is 4.79 Å². The van der Waals surface area contributed by atoms with Crippen molar-refractivity contribution in [1.29, 1.82) is 0 Å². The van der Waals surface area contributed by atoms with Crippen LogP contribution < -0.4 is 0 Å². The van der Waals surface area contributed by atoms with Crippen molar-refractivity contribution in [2.24, 2.45) is 5.92 Å². The Kier molecular flexibility index (Phi) is 21.5. The molecule has 0 rings (SSSR count). The molecule has 0 aromatic heterocycles. The zero-order valence-electron chi connectivity index (χ0n) is 19.5. The van der Waals surface area contributed by atoms with Crippen molar-refractivity contribution < 1.29 is 42.8 Å². The molecule has 0 saturated carbocycles. The zero-order valence-corrected chi connectivity index (χ0v) is 19.5. The van der Waals surface area contributed by atoms with Gasteiger partial charge in [0, 0.05) is 51.4 Å². The maximum absolute atomic E-state index is 11.1. The number of ketones is 2. The van der Waals surface area contributed by atoms with E-state index in [4.69, 9.17) is 28.4 Å². The molecule has 0 N–H and O–H groups in total. The lowest BCUT2D eigenvalue weighted by atomic mass is 10.2. The second-order valence-electron chi connectivity index (χ2n) is 6.97. The Bertz CT molecular complexity index is 540. The standard InChI is InChI=1S/C24H38O9/c1-4-22(25)19-31-12-7-10-28-16-21(18-30-14-9-15-33-24(27)6-3)17-29-11-8-13-32-20-23(26)5-2/h4-6,21H,1-3,7-20H2. The molecule has 0 aromatic rings. The summed E-state index contributed by atoms with van der Waals surface area (Å²) in [5.41, 5.74) is 0. The lowest BCUT2D eigenvalue weighted by molar-refractivity contribution is -0.138. The molecule has 0 bridgehead atoms. The van der Waals surface area contributed by atoms with E-state index in [1.807, 2.05) is 0 Å². The number of rotatable bonds is 25. The summed E-state index contributed by atoms with van der Waals surface area (Å²) < 4.78 is 32.4. The van der Waals surface area contributed by atoms with Crippen molar-refractivity contribution in [3.05, 3.63) is 38.0 Å². The molecule has 0 aliphatic rings. The first-order valence-electron chi connectivity index (χ1n) is 11.0. The average molecular weight is 471 g/mol. The number of carbonyl (C=O) groups excluding carboxylic acids is 3. The van der Waals surface area contributed by atoms with Crippen LogP contribution in [0.25, 0.3) is 0 Å². The molecule has 0 unspecified atom stereocenters. The molecule has 33 heavy (non-hydrogen) atoms. The van der Waals surface area contributed by atoms with Crippen LogP contribution in [0.2, 0.25) is 0 Å². The smallest absolute Gasteiger partial charge is 0.330 e. The number of hydrogen-bond acceptors (Lipinski definition) is 9. The third kappa shape index (κ3) is 21.4. The van der Waals surface area contributed by atoms with E-state index >= 15 is 0 Å². The van der Waals surface area contributed by atoms with E-state index in [9.17, 15) is 14.4 Å². The minimum Gasteiger partial charge on any atom is -0.462 e. The summed E-state index contributed by atoms with van der Waals surface area (Å²) in [7, 11) is 0. The van der Waals surface area contributed by atoms with Crippen LogP contribution >= 0.6 is 0 Å². The highest BCUT2D eigenvalue weighted by Crippen LogP contribution is 2.03. The lowest BCUT2D eigenvalue weighted by Crippen LogP contribution is -2.23. The first kappa shape index (κ1) is 30.8. The molecule has 0 spiro atoms. The van der Waals surface area contributed by atoms with Crippen molar-refractivity contribution in [2.75, 3.05) is 72.7 Å². The minimum absolute atomic E-state index is 0.0206. The fourth-order valence-corrected chi connectivity index (χ4v) is 2.28. The third-order valence-electron chi connectivity index (χ3n) is 4.00. The van der Waals surface area contributed by atoms with E-state index in [0.29, 0.717) is 72.1 Å². The summed E-state index contributed by atoms with van der Waals surface area (Å²) in [4.78, 5) is 33.1. The van der Waals surface area contributed by atoms with Crippen molar-refractivity contribution in [1.82, 2.24) is 0 Å². The van der Waals surface area contributed by atoms with Crippen LogP contribution in [0.15, 0.2) is 38.0 Å². The zero-order chi connectivity index (χ0) is 24.6. The van der Waals surface area contributed by atoms with E-state index in [1.54, 1.807) is 0 Å². The molecule has 0 heterocycles. The van der Waals surface area contributed by atoms with Gasteiger partial charge in [-0.05, 0) is 25.0 Å². The first-order valence-corrected chi connectivity index (χ1v) is 11.0. The molecule has 0 saturated heterocycles. The molecule has 0 aromatic carbocycles. The fourth-order valence-electron chi connectivity index (χ4n) is 2.28. The average Bonchev–Trinajstić information content (AvgIpc) is 2.83. The normalized spacial score (nSPS) is 10.7. The Balaban J connectivity index is 4.03. The molecule has 0 radical (unpaired) electrons. The Morgan fingerprint density at radius 1 is 0.576 bits per heavy atom. The predicted octanol–water partition coefficient (Wildman–Crippen LogP) is 2.10. The van der Waals surface area contributed by atoms with Crippen LogP contribution in [0.3, 0.4) is 0 Å². The Morgan fingerprint density at radius 3 is 1.36 bits per heavy atom. The van der Waals surface area contributed by atoms with E-state index in [2.05, 4.69) is 19.7 Å². The third-order valence-corrected chi connectivity index (χ3v) is 4.00. The van der Waals surface area contributed by atoms with Crippen molar-refractivity contribution in [2.45, 2.75) is 19.3 Å².